The molecule has 144 valence electrons. The quantitative estimate of drug-likeness (QED) is 0.141. The number of nitrogens with zero attached hydrogens (tertiary/aromatic N) is 3. The van der Waals surface area contributed by atoms with Crippen LogP contribution < -0.4 is 0 Å². The zero-order valence-corrected chi connectivity index (χ0v) is 12.9. The molecular weight excluding hydrogens is 346 g/mol. The Morgan fingerprint density at radius 3 is 1.84 bits per heavy atom. The van der Waals surface area contributed by atoms with Crippen molar-refractivity contribution in [3.05, 3.63) is 10.4 Å². The summed E-state index contributed by atoms with van der Waals surface area (Å²) in [6.45, 7) is -1.35. The molecule has 0 aromatic heterocycles. The second kappa shape index (κ2) is 8.53. The van der Waals surface area contributed by atoms with Gasteiger partial charge in [-0.1, -0.05) is 5.11 Å². The van der Waals surface area contributed by atoms with Gasteiger partial charge in [-0.25, -0.2) is 0 Å². The number of rotatable bonds is 5. The van der Waals surface area contributed by atoms with Crippen molar-refractivity contribution >= 4 is 0 Å². The molecule has 0 amide bonds. The van der Waals surface area contributed by atoms with Crippen molar-refractivity contribution < 1.29 is 50.0 Å². The van der Waals surface area contributed by atoms with Crippen molar-refractivity contribution in [1.82, 2.24) is 0 Å². The normalized spacial score (nSPS) is 48.0. The van der Waals surface area contributed by atoms with Gasteiger partial charge in [0.15, 0.2) is 12.6 Å². The van der Waals surface area contributed by atoms with Crippen LogP contribution >= 0.6 is 0 Å². The highest BCUT2D eigenvalue weighted by atomic mass is 16.8. The summed E-state index contributed by atoms with van der Waals surface area (Å²) in [7, 11) is 0. The van der Waals surface area contributed by atoms with Gasteiger partial charge in [-0.3, -0.25) is 0 Å². The highest BCUT2D eigenvalue weighted by Crippen LogP contribution is 2.29. The van der Waals surface area contributed by atoms with Gasteiger partial charge < -0.3 is 50.0 Å². The summed E-state index contributed by atoms with van der Waals surface area (Å²) >= 11 is 0. The van der Waals surface area contributed by atoms with E-state index in [-0.39, 0.29) is 0 Å². The van der Waals surface area contributed by atoms with Gasteiger partial charge in [0.2, 0.25) is 0 Å². The molecule has 0 aromatic carbocycles. The van der Waals surface area contributed by atoms with E-state index in [9.17, 15) is 30.6 Å². The first-order chi connectivity index (χ1) is 11.8. The zero-order chi connectivity index (χ0) is 18.7. The van der Waals surface area contributed by atoms with Crippen LogP contribution in [0.2, 0.25) is 0 Å². The van der Waals surface area contributed by atoms with Gasteiger partial charge in [-0.2, -0.15) is 0 Å². The van der Waals surface area contributed by atoms with E-state index in [0.717, 1.165) is 0 Å². The number of hydrogen-bond acceptors (Lipinski definition) is 11. The minimum atomic E-state index is -1.74. The van der Waals surface area contributed by atoms with Crippen LogP contribution in [-0.2, 0) is 14.2 Å². The van der Waals surface area contributed by atoms with Gasteiger partial charge in [0.25, 0.3) is 0 Å². The van der Waals surface area contributed by atoms with Gasteiger partial charge in [-0.15, -0.1) is 0 Å². The van der Waals surface area contributed by atoms with Gasteiger partial charge >= 0.3 is 0 Å². The molecule has 0 radical (unpaired) electrons. The third-order valence-corrected chi connectivity index (χ3v) is 4.15. The molecule has 0 aliphatic carbocycles. The smallest absolute Gasteiger partial charge is 0.189 e. The van der Waals surface area contributed by atoms with Crippen LogP contribution in [0.3, 0.4) is 0 Å². The molecule has 13 nitrogen and oxygen atoms in total. The first-order valence-electron chi connectivity index (χ1n) is 7.48. The van der Waals surface area contributed by atoms with Gasteiger partial charge in [0, 0.05) is 4.91 Å². The Bertz CT molecular complexity index is 488. The van der Waals surface area contributed by atoms with E-state index >= 15 is 0 Å². The Kier molecular flexibility index (Phi) is 6.90. The molecule has 2 aliphatic rings. The minimum absolute atomic E-state index is 0.665. The number of azide groups is 1. The molecule has 0 saturated carbocycles. The van der Waals surface area contributed by atoms with Gasteiger partial charge in [0.1, 0.15) is 30.5 Å². The highest BCUT2D eigenvalue weighted by molar-refractivity contribution is 4.95. The summed E-state index contributed by atoms with van der Waals surface area (Å²) < 4.78 is 15.5. The van der Waals surface area contributed by atoms with Crippen LogP contribution in [0.15, 0.2) is 5.11 Å². The maximum atomic E-state index is 10.0. The number of hydrogen-bond donors (Lipinski definition) is 7. The Balaban J connectivity index is 2.12. The minimum Gasteiger partial charge on any atom is -0.394 e. The molecule has 2 aliphatic heterocycles. The summed E-state index contributed by atoms with van der Waals surface area (Å²) in [5, 5.41) is 71.0. The highest BCUT2D eigenvalue weighted by Gasteiger charge is 2.49. The molecule has 7 N–H and O–H groups in total. The van der Waals surface area contributed by atoms with Crippen molar-refractivity contribution in [2.75, 3.05) is 13.2 Å². The molecule has 2 heterocycles. The lowest BCUT2D eigenvalue weighted by Crippen LogP contribution is -2.63. The van der Waals surface area contributed by atoms with Crippen LogP contribution in [0.1, 0.15) is 0 Å². The molecule has 0 aromatic rings. The molecule has 25 heavy (non-hydrogen) atoms. The van der Waals surface area contributed by atoms with Crippen molar-refractivity contribution in [2.24, 2.45) is 5.11 Å². The molecule has 2 fully saturated rings. The summed E-state index contributed by atoms with van der Waals surface area (Å²) in [5.74, 6) is 0. The largest absolute Gasteiger partial charge is 0.394 e. The van der Waals surface area contributed by atoms with E-state index in [4.69, 9.17) is 24.8 Å². The Morgan fingerprint density at radius 2 is 1.32 bits per heavy atom. The zero-order valence-electron chi connectivity index (χ0n) is 12.9. The van der Waals surface area contributed by atoms with Crippen molar-refractivity contribution in [3.8, 4) is 0 Å². The van der Waals surface area contributed by atoms with Gasteiger partial charge in [0.05, 0.1) is 31.5 Å². The van der Waals surface area contributed by atoms with E-state index in [1.54, 1.807) is 0 Å². The number of ether oxygens (including phenoxy) is 3. The predicted octanol–water partition coefficient (Wildman–Crippen LogP) is -4.08. The fourth-order valence-corrected chi connectivity index (χ4v) is 2.69. The van der Waals surface area contributed by atoms with Crippen LogP contribution in [0.5, 0.6) is 0 Å². The molecule has 0 bridgehead atoms. The Hall–Kier alpha value is -1.09. The summed E-state index contributed by atoms with van der Waals surface area (Å²) in [4.78, 5) is 2.50. The van der Waals surface area contributed by atoms with E-state index in [2.05, 4.69) is 10.0 Å². The van der Waals surface area contributed by atoms with Crippen LogP contribution in [-0.4, -0.2) is 110 Å². The van der Waals surface area contributed by atoms with Crippen molar-refractivity contribution in [3.63, 3.8) is 0 Å². The fourth-order valence-electron chi connectivity index (χ4n) is 2.69. The van der Waals surface area contributed by atoms with E-state index in [0.29, 0.717) is 0 Å². The number of aliphatic hydroxyl groups is 7. The Labute approximate surface area is 141 Å². The Morgan fingerprint density at radius 1 is 0.800 bits per heavy atom. The molecule has 4 unspecified atom stereocenters. The standard InChI is InChI=1S/C12H21N3O10/c13-15-14-5-3(1-16)23-11(9(21)7(5)19)25-12-10(22)8(20)6(18)4(2-17)24-12/h3-12,16-22H,1-2H2/t3?,4?,5-,6-,7?,8?,9+,10-,11-,12-/m1/s1. The molecule has 2 saturated heterocycles. The van der Waals surface area contributed by atoms with E-state index in [1.807, 2.05) is 0 Å². The van der Waals surface area contributed by atoms with Gasteiger partial charge in [-0.05, 0) is 5.53 Å². The lowest BCUT2D eigenvalue weighted by Gasteiger charge is -2.44. The average molecular weight is 367 g/mol. The first kappa shape index (κ1) is 20.2. The third-order valence-electron chi connectivity index (χ3n) is 4.15. The summed E-state index contributed by atoms with van der Waals surface area (Å²) in [6.07, 6.45) is -14.1. The SMILES string of the molecule is [N-]=[N+]=N[C@@H]1C(CO)O[C@H](O[C@H]2OC(CO)[C@@H](O)C(O)[C@H]2O)[C@@H](O)C1O. The maximum absolute atomic E-state index is 10.0. The van der Waals surface area contributed by atoms with Crippen LogP contribution in [0, 0.1) is 0 Å². The summed E-state index contributed by atoms with van der Waals surface area (Å²) in [5.41, 5.74) is 8.48. The van der Waals surface area contributed by atoms with Crippen molar-refractivity contribution in [1.29, 1.82) is 0 Å². The monoisotopic (exact) mass is 367 g/mol. The second-order valence-electron chi connectivity index (χ2n) is 5.74. The van der Waals surface area contributed by atoms with Crippen molar-refractivity contribution in [2.45, 2.75) is 61.3 Å². The topological polar surface area (TPSA) is 218 Å². The number of aliphatic hydroxyl groups excluding tert-OH is 7. The van der Waals surface area contributed by atoms with Crippen LogP contribution in [0.25, 0.3) is 10.4 Å². The molecule has 0 spiro atoms. The lowest BCUT2D eigenvalue weighted by molar-refractivity contribution is -0.368. The van der Waals surface area contributed by atoms with E-state index in [1.165, 1.54) is 0 Å². The maximum Gasteiger partial charge on any atom is 0.189 e. The second-order valence-corrected chi connectivity index (χ2v) is 5.74. The third kappa shape index (κ3) is 4.02. The average Bonchev–Trinajstić information content (AvgIpc) is 2.61. The molecule has 2 rings (SSSR count). The first-order valence-corrected chi connectivity index (χ1v) is 7.48. The van der Waals surface area contributed by atoms with Crippen LogP contribution in [0.4, 0.5) is 0 Å². The van der Waals surface area contributed by atoms with E-state index < -0.39 is 74.6 Å². The predicted molar refractivity (Wildman–Crippen MR) is 75.5 cm³/mol. The summed E-state index contributed by atoms with van der Waals surface area (Å²) in [6, 6.07) is -1.28. The molecular formula is C12H21N3O10. The fraction of sp³-hybridized carbons (Fsp3) is 1.00. The lowest BCUT2D eigenvalue weighted by atomic mass is 9.97. The molecule has 13 heteroatoms. The molecule has 10 atom stereocenters.